The second-order valence-corrected chi connectivity index (χ2v) is 15.5. The van der Waals surface area contributed by atoms with E-state index in [0.29, 0.717) is 0 Å². The van der Waals surface area contributed by atoms with E-state index in [1.54, 1.807) is 13.8 Å². The van der Waals surface area contributed by atoms with Crippen LogP contribution in [0.4, 0.5) is 17.6 Å². The van der Waals surface area contributed by atoms with Crippen molar-refractivity contribution in [3.05, 3.63) is 60.7 Å². The van der Waals surface area contributed by atoms with Crippen molar-refractivity contribution in [2.45, 2.75) is 63.9 Å². The molecule has 2 aromatic rings. The molecule has 0 radical (unpaired) electrons. The Morgan fingerprint density at radius 3 is 1.68 bits per heavy atom. The van der Waals surface area contributed by atoms with Crippen LogP contribution in [0.2, 0.25) is 5.04 Å². The molecule has 0 amide bonds. The van der Waals surface area contributed by atoms with Gasteiger partial charge in [0.15, 0.2) is 0 Å². The molecule has 0 aliphatic rings. The van der Waals surface area contributed by atoms with Gasteiger partial charge in [-0.3, -0.25) is 4.18 Å². The number of hydrogen-bond acceptors (Lipinski definition) is 4. The van der Waals surface area contributed by atoms with E-state index in [0.717, 1.165) is 10.4 Å². The molecule has 0 saturated carbocycles. The fraction of sp³-hybridized carbons (Fsp3) is 0.500. The maximum atomic E-state index is 15.4. The summed E-state index contributed by atoms with van der Waals surface area (Å²) in [4.78, 5) is 0. The van der Waals surface area contributed by atoms with Crippen LogP contribution in [0.3, 0.4) is 0 Å². The van der Waals surface area contributed by atoms with Gasteiger partial charge in [0.2, 0.25) is 0 Å². The van der Waals surface area contributed by atoms with Crippen molar-refractivity contribution in [1.29, 1.82) is 0 Å². The van der Waals surface area contributed by atoms with Crippen LogP contribution in [-0.2, 0) is 18.7 Å². The zero-order chi connectivity index (χ0) is 25.8. The average Bonchev–Trinajstić information content (AvgIpc) is 2.73. The van der Waals surface area contributed by atoms with Gasteiger partial charge in [0.05, 0.1) is 6.61 Å². The lowest BCUT2D eigenvalue weighted by Crippen LogP contribution is -2.67. The molecule has 0 saturated heterocycles. The highest BCUT2D eigenvalue weighted by Gasteiger charge is 2.52. The van der Waals surface area contributed by atoms with Crippen molar-refractivity contribution in [1.82, 2.24) is 0 Å². The smallest absolute Gasteiger partial charge is 0.404 e. The first-order chi connectivity index (χ1) is 15.6. The first kappa shape index (κ1) is 28.5. The van der Waals surface area contributed by atoms with Gasteiger partial charge in [-0.15, -0.1) is 0 Å². The molecule has 2 unspecified atom stereocenters. The van der Waals surface area contributed by atoms with E-state index in [4.69, 9.17) is 4.43 Å². The zero-order valence-electron chi connectivity index (χ0n) is 20.0. The van der Waals surface area contributed by atoms with Crippen molar-refractivity contribution < 1.29 is 34.6 Å². The van der Waals surface area contributed by atoms with Gasteiger partial charge in [-0.1, -0.05) is 95.3 Å². The van der Waals surface area contributed by atoms with Crippen LogP contribution in [0.15, 0.2) is 60.7 Å². The Morgan fingerprint density at radius 2 is 1.32 bits per heavy atom. The first-order valence-electron chi connectivity index (χ1n) is 11.0. The predicted octanol–water partition coefficient (Wildman–Crippen LogP) is 5.18. The minimum atomic E-state index is -5.96. The Balaban J connectivity index is 2.47. The molecule has 0 fully saturated rings. The van der Waals surface area contributed by atoms with E-state index in [2.05, 4.69) is 4.18 Å². The molecule has 2 rings (SSSR count). The summed E-state index contributed by atoms with van der Waals surface area (Å²) in [6, 6.07) is 18.7. The quantitative estimate of drug-likeness (QED) is 0.187. The minimum Gasteiger partial charge on any atom is -0.404 e. The number of benzene rings is 2. The molecule has 0 aliphatic carbocycles. The van der Waals surface area contributed by atoms with Crippen LogP contribution in [0.1, 0.15) is 41.0 Å². The van der Waals surface area contributed by atoms with E-state index in [1.807, 2.05) is 81.4 Å². The molecule has 0 aliphatic heterocycles. The standard InChI is InChI=1S/C24H32F4O4SSi/c1-18(2)16-22(32-33(29,30)24(26,27)28)21(25)17-31-34(23(3,4)5,19-12-8-6-9-13-19)20-14-10-7-11-15-20/h6-15,18,21-22H,16-17H2,1-5H3. The summed E-state index contributed by atoms with van der Waals surface area (Å²) in [5.74, 6) is -0.306. The molecule has 0 heterocycles. The lowest BCUT2D eigenvalue weighted by Gasteiger charge is -2.43. The van der Waals surface area contributed by atoms with Gasteiger partial charge in [-0.05, 0) is 27.8 Å². The van der Waals surface area contributed by atoms with Crippen molar-refractivity contribution >= 4 is 28.8 Å². The van der Waals surface area contributed by atoms with Crippen molar-refractivity contribution in [3.8, 4) is 0 Å². The van der Waals surface area contributed by atoms with Gasteiger partial charge >= 0.3 is 15.6 Å². The number of hydrogen-bond donors (Lipinski definition) is 0. The molecule has 2 aromatic carbocycles. The van der Waals surface area contributed by atoms with Crippen LogP contribution in [0.25, 0.3) is 0 Å². The monoisotopic (exact) mass is 520 g/mol. The Bertz CT molecular complexity index is 967. The fourth-order valence-corrected chi connectivity index (χ4v) is 9.20. The lowest BCUT2D eigenvalue weighted by atomic mass is 10.0. The summed E-state index contributed by atoms with van der Waals surface area (Å²) in [5.41, 5.74) is -5.64. The van der Waals surface area contributed by atoms with E-state index >= 15 is 4.39 Å². The van der Waals surface area contributed by atoms with E-state index in [1.165, 1.54) is 0 Å². The maximum absolute atomic E-state index is 15.4. The van der Waals surface area contributed by atoms with Crippen LogP contribution >= 0.6 is 0 Å². The minimum absolute atomic E-state index is 0.222. The third kappa shape index (κ3) is 6.47. The van der Waals surface area contributed by atoms with E-state index < -0.39 is 47.9 Å². The third-order valence-electron chi connectivity index (χ3n) is 5.52. The highest BCUT2D eigenvalue weighted by atomic mass is 32.2. The van der Waals surface area contributed by atoms with Gasteiger partial charge in [0.1, 0.15) is 12.3 Å². The zero-order valence-corrected chi connectivity index (χ0v) is 21.8. The molecule has 0 aromatic heterocycles. The van der Waals surface area contributed by atoms with Gasteiger partial charge < -0.3 is 4.43 Å². The molecule has 0 spiro atoms. The normalized spacial score (nSPS) is 15.4. The summed E-state index contributed by atoms with van der Waals surface area (Å²) >= 11 is 0. The van der Waals surface area contributed by atoms with Crippen LogP contribution in [0.5, 0.6) is 0 Å². The molecular weight excluding hydrogens is 488 g/mol. The van der Waals surface area contributed by atoms with Crippen LogP contribution in [-0.4, -0.2) is 41.1 Å². The van der Waals surface area contributed by atoms with Crippen molar-refractivity contribution in [3.63, 3.8) is 0 Å². The van der Waals surface area contributed by atoms with Gasteiger partial charge in [-0.25, -0.2) is 4.39 Å². The molecule has 2 atom stereocenters. The number of alkyl halides is 4. The Morgan fingerprint density at radius 1 is 0.882 bits per heavy atom. The molecule has 190 valence electrons. The Kier molecular flexibility index (Phi) is 9.12. The SMILES string of the molecule is CC(C)CC(OS(=O)(=O)C(F)(F)F)C(F)CO[Si](c1ccccc1)(c1ccccc1)C(C)(C)C. The molecule has 0 bridgehead atoms. The fourth-order valence-electron chi connectivity index (χ4n) is 4.00. The second-order valence-electron chi connectivity index (χ2n) is 9.65. The Labute approximate surface area is 200 Å². The highest BCUT2D eigenvalue weighted by Crippen LogP contribution is 2.37. The molecular formula is C24H32F4O4SSi. The van der Waals surface area contributed by atoms with Gasteiger partial charge in [0.25, 0.3) is 8.32 Å². The van der Waals surface area contributed by atoms with Gasteiger partial charge in [-0.2, -0.15) is 21.6 Å². The number of rotatable bonds is 10. The third-order valence-corrected chi connectivity index (χ3v) is 11.6. The molecule has 4 nitrogen and oxygen atoms in total. The largest absolute Gasteiger partial charge is 0.523 e. The molecule has 0 N–H and O–H groups in total. The summed E-state index contributed by atoms with van der Waals surface area (Å²) in [6.07, 6.45) is -4.15. The van der Waals surface area contributed by atoms with E-state index in [9.17, 15) is 21.6 Å². The number of halogens is 4. The topological polar surface area (TPSA) is 52.6 Å². The van der Waals surface area contributed by atoms with Crippen LogP contribution in [0, 0.1) is 5.92 Å². The summed E-state index contributed by atoms with van der Waals surface area (Å²) in [5, 5.41) is 1.25. The van der Waals surface area contributed by atoms with E-state index in [-0.39, 0.29) is 12.3 Å². The van der Waals surface area contributed by atoms with Gasteiger partial charge in [0, 0.05) is 0 Å². The predicted molar refractivity (Wildman–Crippen MR) is 128 cm³/mol. The first-order valence-corrected chi connectivity index (χ1v) is 14.3. The molecule has 10 heteroatoms. The van der Waals surface area contributed by atoms with Crippen LogP contribution < -0.4 is 10.4 Å². The van der Waals surface area contributed by atoms with Crippen molar-refractivity contribution in [2.75, 3.05) is 6.61 Å². The lowest BCUT2D eigenvalue weighted by molar-refractivity contribution is -0.0626. The summed E-state index contributed by atoms with van der Waals surface area (Å²) < 4.78 is 88.1. The van der Waals surface area contributed by atoms with Crippen molar-refractivity contribution in [2.24, 2.45) is 5.92 Å². The average molecular weight is 521 g/mol. The highest BCUT2D eigenvalue weighted by molar-refractivity contribution is 7.87. The Hall–Kier alpha value is -1.75. The summed E-state index contributed by atoms with van der Waals surface area (Å²) in [7, 11) is -9.12. The second kappa shape index (κ2) is 10.9. The molecule has 34 heavy (non-hydrogen) atoms. The maximum Gasteiger partial charge on any atom is 0.523 e. The summed E-state index contributed by atoms with van der Waals surface area (Å²) in [6.45, 7) is 8.60.